The van der Waals surface area contributed by atoms with E-state index in [9.17, 15) is 4.79 Å². The first kappa shape index (κ1) is 21.7. The zero-order chi connectivity index (χ0) is 20.4. The molecule has 1 amide bonds. The molecule has 154 valence electrons. The third-order valence-electron chi connectivity index (χ3n) is 4.00. The van der Waals surface area contributed by atoms with Gasteiger partial charge in [0, 0.05) is 31.6 Å². The van der Waals surface area contributed by atoms with Crippen molar-refractivity contribution in [3.63, 3.8) is 0 Å². The molecule has 0 unspecified atom stereocenters. The molecule has 0 aliphatic heterocycles. The lowest BCUT2D eigenvalue weighted by molar-refractivity contribution is -0.121. The van der Waals surface area contributed by atoms with Gasteiger partial charge in [-0.05, 0) is 38.5 Å². The molecule has 2 rings (SSSR count). The minimum atomic E-state index is -0.0428. The van der Waals surface area contributed by atoms with Gasteiger partial charge in [-0.1, -0.05) is 0 Å². The highest BCUT2D eigenvalue weighted by molar-refractivity contribution is 5.75. The molecule has 0 radical (unpaired) electrons. The monoisotopic (exact) mass is 391 g/mol. The normalized spacial score (nSPS) is 10.9. The third kappa shape index (κ3) is 7.19. The van der Waals surface area contributed by atoms with Gasteiger partial charge in [0.2, 0.25) is 17.7 Å². The molecule has 0 saturated carbocycles. The van der Waals surface area contributed by atoms with Gasteiger partial charge < -0.3 is 23.9 Å². The molecule has 0 bridgehead atoms. The predicted molar refractivity (Wildman–Crippen MR) is 104 cm³/mol. The van der Waals surface area contributed by atoms with Crippen LogP contribution in [0.3, 0.4) is 0 Å². The largest absolute Gasteiger partial charge is 0.497 e. The molecular formula is C20H29N3O5. The van der Waals surface area contributed by atoms with E-state index in [1.165, 1.54) is 0 Å². The lowest BCUT2D eigenvalue weighted by Crippen LogP contribution is -2.25. The van der Waals surface area contributed by atoms with E-state index in [2.05, 4.69) is 15.5 Å². The van der Waals surface area contributed by atoms with Crippen LogP contribution in [0.2, 0.25) is 0 Å². The second-order valence-electron chi connectivity index (χ2n) is 6.57. The van der Waals surface area contributed by atoms with Crippen molar-refractivity contribution < 1.29 is 23.4 Å². The van der Waals surface area contributed by atoms with Crippen LogP contribution in [0, 0.1) is 0 Å². The molecule has 0 aliphatic carbocycles. The van der Waals surface area contributed by atoms with Crippen molar-refractivity contribution >= 4 is 5.91 Å². The summed E-state index contributed by atoms with van der Waals surface area (Å²) in [6, 6.07) is 5.54. The van der Waals surface area contributed by atoms with E-state index in [0.717, 1.165) is 23.5 Å². The van der Waals surface area contributed by atoms with Crippen LogP contribution in [0.25, 0.3) is 0 Å². The molecule has 0 saturated heterocycles. The summed E-state index contributed by atoms with van der Waals surface area (Å²) >= 11 is 0. The summed E-state index contributed by atoms with van der Waals surface area (Å²) in [6.45, 7) is 5.21. The summed E-state index contributed by atoms with van der Waals surface area (Å²) in [6.07, 6.45) is 2.12. The summed E-state index contributed by atoms with van der Waals surface area (Å²) < 4.78 is 21.7. The number of nitrogens with zero attached hydrogens (tertiary/aromatic N) is 2. The zero-order valence-electron chi connectivity index (χ0n) is 17.0. The highest BCUT2D eigenvalue weighted by Gasteiger charge is 2.13. The minimum absolute atomic E-state index is 0.0428. The van der Waals surface area contributed by atoms with Crippen LogP contribution >= 0.6 is 0 Å². The molecule has 0 spiro atoms. The van der Waals surface area contributed by atoms with Crippen molar-refractivity contribution in [2.24, 2.45) is 0 Å². The van der Waals surface area contributed by atoms with Crippen molar-refractivity contribution in [3.8, 4) is 11.5 Å². The van der Waals surface area contributed by atoms with Gasteiger partial charge >= 0.3 is 0 Å². The number of nitrogens with one attached hydrogen (secondary N) is 1. The van der Waals surface area contributed by atoms with Crippen LogP contribution in [0.1, 0.15) is 44.0 Å². The SMILES string of the molecule is COc1ccc(OC)c(Cc2nnc(CCC(=O)NCCCOC(C)C)o2)c1. The Morgan fingerprint density at radius 1 is 1.18 bits per heavy atom. The number of carbonyl (C=O) groups is 1. The van der Waals surface area contributed by atoms with Crippen molar-refractivity contribution in [2.45, 2.75) is 45.6 Å². The highest BCUT2D eigenvalue weighted by Crippen LogP contribution is 2.26. The average molecular weight is 391 g/mol. The van der Waals surface area contributed by atoms with E-state index in [0.29, 0.717) is 44.2 Å². The van der Waals surface area contributed by atoms with E-state index in [4.69, 9.17) is 18.6 Å². The van der Waals surface area contributed by atoms with E-state index >= 15 is 0 Å². The first-order chi connectivity index (χ1) is 13.5. The molecule has 1 aromatic heterocycles. The number of carbonyl (C=O) groups excluding carboxylic acids is 1. The predicted octanol–water partition coefficient (Wildman–Crippen LogP) is 2.54. The Morgan fingerprint density at radius 3 is 2.68 bits per heavy atom. The lowest BCUT2D eigenvalue weighted by Gasteiger charge is -2.08. The summed E-state index contributed by atoms with van der Waals surface area (Å²) in [5.74, 6) is 2.31. The molecule has 28 heavy (non-hydrogen) atoms. The van der Waals surface area contributed by atoms with E-state index < -0.39 is 0 Å². The van der Waals surface area contributed by atoms with Gasteiger partial charge in [-0.2, -0.15) is 0 Å². The lowest BCUT2D eigenvalue weighted by atomic mass is 10.1. The van der Waals surface area contributed by atoms with E-state index in [-0.39, 0.29) is 12.0 Å². The Bertz CT molecular complexity index is 745. The fourth-order valence-electron chi connectivity index (χ4n) is 2.57. The van der Waals surface area contributed by atoms with Crippen LogP contribution in [0.15, 0.2) is 22.6 Å². The standard InChI is InChI=1S/C20H29N3O5/c1-14(2)27-11-5-10-21-18(24)8-9-19-22-23-20(28-19)13-15-12-16(25-3)6-7-17(15)26-4/h6-7,12,14H,5,8-11,13H2,1-4H3,(H,21,24). The van der Waals surface area contributed by atoms with Gasteiger partial charge in [-0.25, -0.2) is 0 Å². The molecule has 0 fully saturated rings. The Hall–Kier alpha value is -2.61. The van der Waals surface area contributed by atoms with E-state index in [1.54, 1.807) is 14.2 Å². The Morgan fingerprint density at radius 2 is 1.96 bits per heavy atom. The second kappa shape index (κ2) is 11.3. The first-order valence-corrected chi connectivity index (χ1v) is 9.42. The quantitative estimate of drug-likeness (QED) is 0.556. The number of rotatable bonds is 12. The smallest absolute Gasteiger partial charge is 0.221 e. The van der Waals surface area contributed by atoms with Gasteiger partial charge in [-0.15, -0.1) is 10.2 Å². The molecule has 0 aliphatic rings. The second-order valence-corrected chi connectivity index (χ2v) is 6.57. The first-order valence-electron chi connectivity index (χ1n) is 9.42. The Labute approximate surface area is 165 Å². The summed E-state index contributed by atoms with van der Waals surface area (Å²) in [4.78, 5) is 11.9. The van der Waals surface area contributed by atoms with Crippen molar-refractivity contribution in [3.05, 3.63) is 35.5 Å². The van der Waals surface area contributed by atoms with Gasteiger partial charge in [0.25, 0.3) is 0 Å². The van der Waals surface area contributed by atoms with Crippen molar-refractivity contribution in [1.82, 2.24) is 15.5 Å². The average Bonchev–Trinajstić information content (AvgIpc) is 3.13. The zero-order valence-corrected chi connectivity index (χ0v) is 17.0. The number of aryl methyl sites for hydroxylation is 1. The fraction of sp³-hybridized carbons (Fsp3) is 0.550. The summed E-state index contributed by atoms with van der Waals surface area (Å²) in [5.41, 5.74) is 0.887. The van der Waals surface area contributed by atoms with Gasteiger partial charge in [0.15, 0.2) is 0 Å². The van der Waals surface area contributed by atoms with Gasteiger partial charge in [-0.3, -0.25) is 4.79 Å². The molecule has 1 aromatic carbocycles. The number of ether oxygens (including phenoxy) is 3. The molecule has 8 heteroatoms. The number of methoxy groups -OCH3 is 2. The number of hydrogen-bond acceptors (Lipinski definition) is 7. The fourth-order valence-corrected chi connectivity index (χ4v) is 2.57. The molecule has 2 aromatic rings. The molecular weight excluding hydrogens is 362 g/mol. The van der Waals surface area contributed by atoms with E-state index in [1.807, 2.05) is 32.0 Å². The van der Waals surface area contributed by atoms with Crippen LogP contribution in [0.4, 0.5) is 0 Å². The maximum absolute atomic E-state index is 11.9. The van der Waals surface area contributed by atoms with Crippen molar-refractivity contribution in [1.29, 1.82) is 0 Å². The maximum Gasteiger partial charge on any atom is 0.221 e. The number of amides is 1. The number of aromatic nitrogens is 2. The Balaban J connectivity index is 1.79. The topological polar surface area (TPSA) is 95.7 Å². The van der Waals surface area contributed by atoms with Crippen molar-refractivity contribution in [2.75, 3.05) is 27.4 Å². The summed E-state index contributed by atoms with van der Waals surface area (Å²) in [7, 11) is 3.22. The maximum atomic E-state index is 11.9. The molecule has 8 nitrogen and oxygen atoms in total. The van der Waals surface area contributed by atoms with Gasteiger partial charge in [0.1, 0.15) is 11.5 Å². The van der Waals surface area contributed by atoms with Gasteiger partial charge in [0.05, 0.1) is 26.7 Å². The van der Waals surface area contributed by atoms with Crippen LogP contribution in [0.5, 0.6) is 11.5 Å². The molecule has 1 heterocycles. The Kier molecular flexibility index (Phi) is 8.74. The third-order valence-corrected chi connectivity index (χ3v) is 4.00. The van der Waals surface area contributed by atoms with Crippen LogP contribution in [-0.4, -0.2) is 49.6 Å². The minimum Gasteiger partial charge on any atom is -0.497 e. The number of hydrogen-bond donors (Lipinski definition) is 1. The number of benzene rings is 1. The summed E-state index contributed by atoms with van der Waals surface area (Å²) in [5, 5.41) is 10.9. The highest BCUT2D eigenvalue weighted by atomic mass is 16.5. The molecule has 0 atom stereocenters. The molecule has 1 N–H and O–H groups in total. The van der Waals surface area contributed by atoms with Crippen LogP contribution in [-0.2, 0) is 22.4 Å². The van der Waals surface area contributed by atoms with Crippen LogP contribution < -0.4 is 14.8 Å².